The topological polar surface area (TPSA) is 63.2 Å². The van der Waals surface area contributed by atoms with Crippen LogP contribution < -0.4 is 5.32 Å². The van der Waals surface area contributed by atoms with Gasteiger partial charge in [-0.25, -0.2) is 8.42 Å². The molecule has 20 heavy (non-hydrogen) atoms. The first-order valence-corrected chi connectivity index (χ1v) is 9.36. The van der Waals surface area contributed by atoms with E-state index in [1.807, 2.05) is 6.92 Å². The highest BCUT2D eigenvalue weighted by Gasteiger charge is 2.29. The molecule has 1 N–H and O–H groups in total. The van der Waals surface area contributed by atoms with Crippen LogP contribution in [0.2, 0.25) is 0 Å². The monoisotopic (exact) mass is 379 g/mol. The number of carbonyl (C=O) groups excluding carboxylic acids is 1. The molecule has 1 aromatic carbocycles. The van der Waals surface area contributed by atoms with Gasteiger partial charge in [0.2, 0.25) is 0 Å². The van der Waals surface area contributed by atoms with Crippen molar-refractivity contribution in [2.45, 2.75) is 37.6 Å². The van der Waals surface area contributed by atoms with Crippen LogP contribution in [0.5, 0.6) is 0 Å². The van der Waals surface area contributed by atoms with E-state index in [1.54, 1.807) is 13.0 Å². The molecule has 1 aliphatic rings. The molecule has 0 saturated heterocycles. The Balaban J connectivity index is 2.32. The summed E-state index contributed by atoms with van der Waals surface area (Å²) in [5.41, 5.74) is 0.779. The van der Waals surface area contributed by atoms with Gasteiger partial charge in [-0.1, -0.05) is 15.9 Å². The van der Waals surface area contributed by atoms with Gasteiger partial charge in [0, 0.05) is 26.8 Å². The molecule has 0 spiro atoms. The Morgan fingerprint density at radius 1 is 1.45 bits per heavy atom. The summed E-state index contributed by atoms with van der Waals surface area (Å²) in [7, 11) is 1.52. The van der Waals surface area contributed by atoms with Gasteiger partial charge in [-0.15, -0.1) is 0 Å². The lowest BCUT2D eigenvalue weighted by Gasteiger charge is -2.14. The van der Waals surface area contributed by atoms with Gasteiger partial charge in [0.1, 0.15) is 0 Å². The Bertz CT molecular complexity index is 656. The second-order valence-electron chi connectivity index (χ2n) is 5.12. The molecule has 0 radical (unpaired) electrons. The number of rotatable bonds is 4. The summed E-state index contributed by atoms with van der Waals surface area (Å²) in [4.78, 5) is 12.1. The van der Waals surface area contributed by atoms with Gasteiger partial charge in [0.25, 0.3) is 15.0 Å². The zero-order valence-electron chi connectivity index (χ0n) is 11.1. The van der Waals surface area contributed by atoms with Crippen molar-refractivity contribution in [3.8, 4) is 0 Å². The number of carbonyl (C=O) groups is 1. The second-order valence-corrected chi connectivity index (χ2v) is 8.51. The molecule has 1 aromatic rings. The molecule has 4 nitrogen and oxygen atoms in total. The molecule has 1 amide bonds. The van der Waals surface area contributed by atoms with E-state index in [9.17, 15) is 13.2 Å². The highest BCUT2D eigenvalue weighted by atomic mass is 79.9. The van der Waals surface area contributed by atoms with Gasteiger partial charge in [-0.3, -0.25) is 4.79 Å². The average Bonchev–Trinajstić information content (AvgIpc) is 3.14. The first-order valence-electron chi connectivity index (χ1n) is 6.26. The van der Waals surface area contributed by atoms with E-state index in [0.29, 0.717) is 16.0 Å². The molecule has 1 unspecified atom stereocenters. The van der Waals surface area contributed by atoms with Gasteiger partial charge in [-0.2, -0.15) is 0 Å². The first kappa shape index (κ1) is 15.8. The molecule has 7 heteroatoms. The van der Waals surface area contributed by atoms with E-state index in [4.69, 9.17) is 10.7 Å². The quantitative estimate of drug-likeness (QED) is 0.816. The molecule has 2 rings (SSSR count). The molecular formula is C13H15BrClNO3S. The van der Waals surface area contributed by atoms with Gasteiger partial charge in [0.05, 0.1) is 4.90 Å². The molecule has 0 aliphatic heterocycles. The third kappa shape index (κ3) is 3.54. The molecule has 110 valence electrons. The fraction of sp³-hybridized carbons (Fsp3) is 0.462. The Morgan fingerprint density at radius 2 is 2.05 bits per heavy atom. The van der Waals surface area contributed by atoms with Crippen molar-refractivity contribution in [3.05, 3.63) is 27.7 Å². The van der Waals surface area contributed by atoms with E-state index in [1.165, 1.54) is 6.07 Å². The van der Waals surface area contributed by atoms with Gasteiger partial charge in [0.15, 0.2) is 0 Å². The minimum absolute atomic E-state index is 0.0437. The first-order chi connectivity index (χ1) is 9.20. The maximum Gasteiger partial charge on any atom is 0.261 e. The van der Waals surface area contributed by atoms with E-state index >= 15 is 0 Å². The third-order valence-electron chi connectivity index (χ3n) is 3.51. The Hall–Kier alpha value is -0.590. The van der Waals surface area contributed by atoms with Crippen LogP contribution in [-0.4, -0.2) is 20.4 Å². The molecule has 1 saturated carbocycles. The minimum atomic E-state index is -3.88. The van der Waals surface area contributed by atoms with Crippen LogP contribution in [0.4, 0.5) is 0 Å². The fourth-order valence-corrected chi connectivity index (χ4v) is 3.86. The number of halogens is 2. The Labute approximate surface area is 131 Å². The number of nitrogens with one attached hydrogen (secondary N) is 1. The molecule has 0 heterocycles. The van der Waals surface area contributed by atoms with E-state index in [2.05, 4.69) is 21.2 Å². The summed E-state index contributed by atoms with van der Waals surface area (Å²) >= 11 is 3.26. The summed E-state index contributed by atoms with van der Waals surface area (Å²) in [6, 6.07) is 3.02. The minimum Gasteiger partial charge on any atom is -0.349 e. The number of hydrogen-bond acceptors (Lipinski definition) is 3. The smallest absolute Gasteiger partial charge is 0.261 e. The van der Waals surface area contributed by atoms with Crippen molar-refractivity contribution in [1.29, 1.82) is 0 Å². The zero-order chi connectivity index (χ0) is 15.1. The van der Waals surface area contributed by atoms with E-state index < -0.39 is 9.05 Å². The molecule has 0 aromatic heterocycles. The van der Waals surface area contributed by atoms with Gasteiger partial charge in [-0.05, 0) is 50.3 Å². The zero-order valence-corrected chi connectivity index (χ0v) is 14.3. The lowest BCUT2D eigenvalue weighted by molar-refractivity contribution is 0.0935. The lowest BCUT2D eigenvalue weighted by Crippen LogP contribution is -2.34. The van der Waals surface area contributed by atoms with E-state index in [-0.39, 0.29) is 22.4 Å². The number of benzene rings is 1. The van der Waals surface area contributed by atoms with Crippen LogP contribution in [0, 0.1) is 12.8 Å². The SMILES string of the molecule is Cc1c(Br)cc(C(=O)NC(C)C2CC2)cc1S(=O)(=O)Cl. The van der Waals surface area contributed by atoms with E-state index in [0.717, 1.165) is 12.8 Å². The van der Waals surface area contributed by atoms with Gasteiger partial charge < -0.3 is 5.32 Å². The summed E-state index contributed by atoms with van der Waals surface area (Å²) in [6.07, 6.45) is 2.25. The predicted octanol–water partition coefficient (Wildman–Crippen LogP) is 3.21. The maximum atomic E-state index is 12.2. The Kier molecular flexibility index (Phi) is 4.47. The van der Waals surface area contributed by atoms with Crippen LogP contribution in [0.15, 0.2) is 21.5 Å². The average molecular weight is 381 g/mol. The van der Waals surface area contributed by atoms with Crippen molar-refractivity contribution < 1.29 is 13.2 Å². The summed E-state index contributed by atoms with van der Waals surface area (Å²) in [5.74, 6) is 0.246. The van der Waals surface area contributed by atoms with Crippen LogP contribution >= 0.6 is 26.6 Å². The fourth-order valence-electron chi connectivity index (χ4n) is 2.04. The van der Waals surface area contributed by atoms with Gasteiger partial charge >= 0.3 is 0 Å². The molecule has 1 atom stereocenters. The highest BCUT2D eigenvalue weighted by Crippen LogP contribution is 2.33. The molecule has 0 bridgehead atoms. The highest BCUT2D eigenvalue weighted by molar-refractivity contribution is 9.10. The van der Waals surface area contributed by atoms with Crippen molar-refractivity contribution >= 4 is 41.6 Å². The lowest BCUT2D eigenvalue weighted by atomic mass is 10.1. The largest absolute Gasteiger partial charge is 0.349 e. The maximum absolute atomic E-state index is 12.2. The van der Waals surface area contributed by atoms with Crippen LogP contribution in [0.1, 0.15) is 35.7 Å². The van der Waals surface area contributed by atoms with Crippen molar-refractivity contribution in [1.82, 2.24) is 5.32 Å². The second kappa shape index (κ2) is 5.66. The van der Waals surface area contributed by atoms with Crippen LogP contribution in [0.25, 0.3) is 0 Å². The van der Waals surface area contributed by atoms with Crippen molar-refractivity contribution in [3.63, 3.8) is 0 Å². The van der Waals surface area contributed by atoms with Crippen LogP contribution in [-0.2, 0) is 9.05 Å². The third-order valence-corrected chi connectivity index (χ3v) is 5.78. The molecule has 1 aliphatic carbocycles. The summed E-state index contributed by atoms with van der Waals surface area (Å²) in [5, 5.41) is 2.89. The predicted molar refractivity (Wildman–Crippen MR) is 81.6 cm³/mol. The van der Waals surface area contributed by atoms with Crippen molar-refractivity contribution in [2.75, 3.05) is 0 Å². The molecule has 1 fully saturated rings. The van der Waals surface area contributed by atoms with Crippen LogP contribution in [0.3, 0.4) is 0 Å². The Morgan fingerprint density at radius 3 is 2.55 bits per heavy atom. The standard InChI is InChI=1S/C13H15BrClNO3S/c1-7-11(14)5-10(6-12(7)20(15,18)19)13(17)16-8(2)9-3-4-9/h5-6,8-9H,3-4H2,1-2H3,(H,16,17). The summed E-state index contributed by atoms with van der Waals surface area (Å²) in [6.45, 7) is 3.59. The molecular weight excluding hydrogens is 366 g/mol. The summed E-state index contributed by atoms with van der Waals surface area (Å²) < 4.78 is 23.6. The number of hydrogen-bond donors (Lipinski definition) is 1. The van der Waals surface area contributed by atoms with Crippen molar-refractivity contribution in [2.24, 2.45) is 5.92 Å². The number of amides is 1. The normalized spacial score (nSPS) is 16.8.